The molecule has 4 N–H and O–H groups in total. The molecule has 11 heteroatoms. The molecule has 2 aromatic carbocycles. The molecule has 0 radical (unpaired) electrons. The van der Waals surface area contributed by atoms with Gasteiger partial charge in [0.15, 0.2) is 5.65 Å². The Labute approximate surface area is 224 Å². The van der Waals surface area contributed by atoms with Crippen molar-refractivity contribution in [2.45, 2.75) is 12.7 Å². The van der Waals surface area contributed by atoms with Crippen molar-refractivity contribution in [3.63, 3.8) is 0 Å². The number of carbonyl (C=O) groups is 1. The van der Waals surface area contributed by atoms with Crippen molar-refractivity contribution < 1.29 is 18.0 Å². The fraction of sp³-hybridized carbons (Fsp3) is 0.250. The van der Waals surface area contributed by atoms with Gasteiger partial charge in [-0.2, -0.15) is 18.3 Å². The van der Waals surface area contributed by atoms with E-state index in [2.05, 4.69) is 47.9 Å². The molecule has 1 amide bonds. The van der Waals surface area contributed by atoms with Crippen LogP contribution in [-0.4, -0.2) is 64.6 Å². The number of benzene rings is 2. The van der Waals surface area contributed by atoms with Crippen molar-refractivity contribution in [1.82, 2.24) is 25.0 Å². The highest BCUT2D eigenvalue weighted by Crippen LogP contribution is 2.35. The third kappa shape index (κ3) is 7.56. The van der Waals surface area contributed by atoms with E-state index in [-0.39, 0.29) is 13.0 Å². The third-order valence-electron chi connectivity index (χ3n) is 6.20. The molecule has 0 aliphatic carbocycles. The molecule has 0 unspecified atom stereocenters. The van der Waals surface area contributed by atoms with Gasteiger partial charge >= 0.3 is 6.18 Å². The summed E-state index contributed by atoms with van der Waals surface area (Å²) in [4.78, 5) is 17.1. The van der Waals surface area contributed by atoms with Crippen molar-refractivity contribution in [2.75, 3.05) is 38.5 Å². The monoisotopic (exact) mass is 535 g/mol. The highest BCUT2D eigenvalue weighted by atomic mass is 19.4. The van der Waals surface area contributed by atoms with Crippen molar-refractivity contribution >= 4 is 28.8 Å². The van der Waals surface area contributed by atoms with E-state index in [9.17, 15) is 13.2 Å². The minimum atomic E-state index is -4.43. The smallest absolute Gasteiger partial charge is 0.372 e. The Morgan fingerprint density at radius 2 is 1.74 bits per heavy atom. The van der Waals surface area contributed by atoms with Crippen LogP contribution >= 0.6 is 0 Å². The SMILES string of the molecule is CN1CCN(Cc2ccc(Nc3cccc(C#Cc4cnc5[nH]ncc5c4)c3)cc2C(F)(F)F)CC1.NC=O. The minimum Gasteiger partial charge on any atom is -0.372 e. The first-order chi connectivity index (χ1) is 18.7. The number of H-pyrrole nitrogens is 1. The van der Waals surface area contributed by atoms with Gasteiger partial charge in [-0.15, -0.1) is 0 Å². The quantitative estimate of drug-likeness (QED) is 0.270. The Morgan fingerprint density at radius 1 is 1.03 bits per heavy atom. The molecule has 0 atom stereocenters. The lowest BCUT2D eigenvalue weighted by atomic mass is 10.0. The van der Waals surface area contributed by atoms with Gasteiger partial charge in [-0.3, -0.25) is 14.8 Å². The van der Waals surface area contributed by atoms with E-state index in [1.807, 2.05) is 31.3 Å². The van der Waals surface area contributed by atoms with Gasteiger partial charge in [0.25, 0.3) is 0 Å². The molecule has 2 aromatic heterocycles. The maximum atomic E-state index is 13.9. The Morgan fingerprint density at radius 3 is 2.49 bits per heavy atom. The Balaban J connectivity index is 0.00000112. The maximum absolute atomic E-state index is 13.9. The van der Waals surface area contributed by atoms with Gasteiger partial charge in [-0.25, -0.2) is 4.98 Å². The molecule has 0 spiro atoms. The second kappa shape index (κ2) is 12.4. The number of amides is 1. The number of nitrogens with two attached hydrogens (primary N) is 1. The predicted molar refractivity (Wildman–Crippen MR) is 144 cm³/mol. The number of hydrogen-bond acceptors (Lipinski definition) is 6. The van der Waals surface area contributed by atoms with Crippen LogP contribution in [0, 0.1) is 11.8 Å². The summed E-state index contributed by atoms with van der Waals surface area (Å²) < 4.78 is 41.7. The summed E-state index contributed by atoms with van der Waals surface area (Å²) >= 11 is 0. The predicted octanol–water partition coefficient (Wildman–Crippen LogP) is 3.97. The number of hydrogen-bond donors (Lipinski definition) is 3. The van der Waals surface area contributed by atoms with Crippen LogP contribution in [0.5, 0.6) is 0 Å². The molecule has 5 rings (SSSR count). The first kappa shape index (κ1) is 27.6. The molecular weight excluding hydrogens is 507 g/mol. The minimum absolute atomic E-state index is 0.250. The van der Waals surface area contributed by atoms with Crippen molar-refractivity contribution in [3.05, 3.63) is 83.2 Å². The van der Waals surface area contributed by atoms with Crippen LogP contribution in [0.4, 0.5) is 24.5 Å². The second-order valence-corrected chi connectivity index (χ2v) is 9.07. The zero-order valence-corrected chi connectivity index (χ0v) is 21.3. The van der Waals surface area contributed by atoms with Crippen molar-refractivity contribution in [2.24, 2.45) is 5.73 Å². The number of aromatic amines is 1. The number of alkyl halides is 3. The highest BCUT2D eigenvalue weighted by molar-refractivity contribution is 5.75. The molecule has 3 heterocycles. The average Bonchev–Trinajstić information content (AvgIpc) is 3.38. The van der Waals surface area contributed by atoms with Gasteiger partial charge in [-0.1, -0.05) is 24.0 Å². The molecule has 1 aliphatic heterocycles. The van der Waals surface area contributed by atoms with Crippen LogP contribution in [-0.2, 0) is 17.5 Å². The second-order valence-electron chi connectivity index (χ2n) is 9.07. The number of fused-ring (bicyclic) bond motifs is 1. The van der Waals surface area contributed by atoms with E-state index in [1.54, 1.807) is 30.6 Å². The number of aromatic nitrogens is 3. The molecule has 1 saturated heterocycles. The molecule has 0 bridgehead atoms. The van der Waals surface area contributed by atoms with Gasteiger partial charge in [0, 0.05) is 66.8 Å². The number of piperazine rings is 1. The van der Waals surface area contributed by atoms with Crippen LogP contribution in [0.3, 0.4) is 0 Å². The van der Waals surface area contributed by atoms with Gasteiger partial charge < -0.3 is 16.0 Å². The van der Waals surface area contributed by atoms with Crippen LogP contribution in [0.2, 0.25) is 0 Å². The Kier molecular flexibility index (Phi) is 8.81. The van der Waals surface area contributed by atoms with Crippen LogP contribution in [0.15, 0.2) is 60.9 Å². The van der Waals surface area contributed by atoms with E-state index in [0.717, 1.165) is 42.7 Å². The first-order valence-electron chi connectivity index (χ1n) is 12.2. The van der Waals surface area contributed by atoms with Gasteiger partial charge in [-0.05, 0) is 49.0 Å². The molecule has 1 aliphatic rings. The maximum Gasteiger partial charge on any atom is 0.416 e. The number of halogens is 3. The number of pyridine rings is 1. The van der Waals surface area contributed by atoms with Crippen LogP contribution in [0.25, 0.3) is 11.0 Å². The highest BCUT2D eigenvalue weighted by Gasteiger charge is 2.34. The Bertz CT molecular complexity index is 1480. The zero-order valence-electron chi connectivity index (χ0n) is 21.3. The first-order valence-corrected chi connectivity index (χ1v) is 12.2. The molecule has 8 nitrogen and oxygen atoms in total. The van der Waals surface area contributed by atoms with E-state index in [4.69, 9.17) is 4.79 Å². The summed E-state index contributed by atoms with van der Waals surface area (Å²) in [5.41, 5.74) is 7.06. The molecule has 202 valence electrons. The summed E-state index contributed by atoms with van der Waals surface area (Å²) in [6.45, 7) is 3.51. The zero-order chi connectivity index (χ0) is 27.8. The normalized spacial score (nSPS) is 14.2. The summed E-state index contributed by atoms with van der Waals surface area (Å²) in [5, 5.41) is 10.7. The number of nitrogens with one attached hydrogen (secondary N) is 2. The van der Waals surface area contributed by atoms with E-state index < -0.39 is 11.7 Å². The third-order valence-corrected chi connectivity index (χ3v) is 6.20. The van der Waals surface area contributed by atoms with Crippen LogP contribution < -0.4 is 11.1 Å². The van der Waals surface area contributed by atoms with Gasteiger partial charge in [0.2, 0.25) is 6.41 Å². The lowest BCUT2D eigenvalue weighted by Crippen LogP contribution is -2.44. The molecule has 4 aromatic rings. The summed E-state index contributed by atoms with van der Waals surface area (Å²) in [6, 6.07) is 13.6. The van der Waals surface area contributed by atoms with Crippen molar-refractivity contribution in [3.8, 4) is 11.8 Å². The molecular formula is C28H28F3N7O. The fourth-order valence-corrected chi connectivity index (χ4v) is 4.19. The number of carbonyl (C=O) groups excluding carboxylic acids is 1. The van der Waals surface area contributed by atoms with E-state index in [1.165, 1.54) is 6.07 Å². The topological polar surface area (TPSA) is 103 Å². The van der Waals surface area contributed by atoms with Crippen molar-refractivity contribution in [1.29, 1.82) is 0 Å². The summed E-state index contributed by atoms with van der Waals surface area (Å²) in [5.74, 6) is 6.16. The largest absolute Gasteiger partial charge is 0.416 e. The molecule has 1 fully saturated rings. The standard InChI is InChI=1S/C27H25F3N6.CH3NO/c1-35-9-11-36(12-10-35)18-21-7-8-24(15-25(21)27(28,29)30)33-23-4-2-3-19(14-23)5-6-20-13-22-17-32-34-26(22)31-16-20;2-1-3/h2-4,7-8,13-17,33H,9-12,18H2,1H3,(H,31,32,34);1H,(H2,2,3). The fourth-order valence-electron chi connectivity index (χ4n) is 4.19. The van der Waals surface area contributed by atoms with Gasteiger partial charge in [0.05, 0.1) is 11.8 Å². The number of nitrogens with zero attached hydrogens (tertiary/aromatic N) is 4. The molecule has 0 saturated carbocycles. The summed E-state index contributed by atoms with van der Waals surface area (Å²) in [7, 11) is 2.02. The van der Waals surface area contributed by atoms with E-state index in [0.29, 0.717) is 22.6 Å². The van der Waals surface area contributed by atoms with Crippen LogP contribution in [0.1, 0.15) is 22.3 Å². The summed E-state index contributed by atoms with van der Waals surface area (Å²) in [6.07, 6.45) is -0.835. The van der Waals surface area contributed by atoms with E-state index >= 15 is 0 Å². The Hall–Kier alpha value is -4.40. The number of rotatable bonds is 4. The lowest BCUT2D eigenvalue weighted by molar-refractivity contribution is -0.138. The lowest BCUT2D eigenvalue weighted by Gasteiger charge is -2.33. The molecule has 39 heavy (non-hydrogen) atoms. The van der Waals surface area contributed by atoms with Gasteiger partial charge in [0.1, 0.15) is 0 Å². The number of anilines is 2. The number of likely N-dealkylation sites (N-methyl/N-ethyl adjacent to an activating group) is 1. The number of primary amides is 1. The average molecular weight is 536 g/mol.